The zero-order chi connectivity index (χ0) is 13.4. The van der Waals surface area contributed by atoms with E-state index in [1.165, 1.54) is 12.1 Å². The summed E-state index contributed by atoms with van der Waals surface area (Å²) in [4.78, 5) is 17.4. The number of amides is 1. The van der Waals surface area contributed by atoms with Crippen LogP contribution in [0.25, 0.3) is 11.4 Å². The van der Waals surface area contributed by atoms with Crippen LogP contribution in [0.2, 0.25) is 0 Å². The molecule has 1 fully saturated rings. The smallest absolute Gasteiger partial charge is 0.249 e. The molecule has 98 valence electrons. The van der Waals surface area contributed by atoms with Gasteiger partial charge in [-0.3, -0.25) is 4.79 Å². The Kier molecular flexibility index (Phi) is 2.77. The molecule has 0 saturated carbocycles. The molecule has 0 spiro atoms. The van der Waals surface area contributed by atoms with Gasteiger partial charge in [0.15, 0.2) is 0 Å². The topological polar surface area (TPSA) is 59.2 Å². The fraction of sp³-hybridized carbons (Fsp3) is 0.308. The van der Waals surface area contributed by atoms with Crippen molar-refractivity contribution in [2.75, 3.05) is 7.05 Å². The van der Waals surface area contributed by atoms with Crippen molar-refractivity contribution in [2.45, 2.75) is 18.9 Å². The third-order valence-electron chi connectivity index (χ3n) is 3.32. The van der Waals surface area contributed by atoms with Crippen LogP contribution in [0, 0.1) is 5.82 Å². The van der Waals surface area contributed by atoms with Crippen LogP contribution in [0.1, 0.15) is 24.8 Å². The lowest BCUT2D eigenvalue weighted by Crippen LogP contribution is -2.22. The first-order chi connectivity index (χ1) is 9.15. The Hall–Kier alpha value is -2.24. The minimum absolute atomic E-state index is 0.0755. The van der Waals surface area contributed by atoms with Crippen LogP contribution in [-0.2, 0) is 4.79 Å². The molecule has 2 heterocycles. The highest BCUT2D eigenvalue weighted by Gasteiger charge is 2.33. The molecule has 0 aliphatic carbocycles. The molecular formula is C13H12FN3O2. The molecule has 5 nitrogen and oxygen atoms in total. The minimum atomic E-state index is -0.311. The Bertz CT molecular complexity index is 609. The van der Waals surface area contributed by atoms with Crippen LogP contribution in [0.15, 0.2) is 28.8 Å². The van der Waals surface area contributed by atoms with Crippen molar-refractivity contribution in [1.29, 1.82) is 0 Å². The Balaban J connectivity index is 1.87. The summed E-state index contributed by atoms with van der Waals surface area (Å²) in [6.45, 7) is 0. The van der Waals surface area contributed by atoms with Crippen molar-refractivity contribution in [1.82, 2.24) is 15.0 Å². The fourth-order valence-electron chi connectivity index (χ4n) is 2.18. The summed E-state index contributed by atoms with van der Waals surface area (Å²) in [5.74, 6) is 0.593. The molecule has 19 heavy (non-hydrogen) atoms. The number of hydrogen-bond acceptors (Lipinski definition) is 4. The van der Waals surface area contributed by atoms with Gasteiger partial charge in [-0.15, -0.1) is 0 Å². The van der Waals surface area contributed by atoms with Crippen LogP contribution >= 0.6 is 0 Å². The van der Waals surface area contributed by atoms with E-state index in [0.29, 0.717) is 30.1 Å². The Morgan fingerprint density at radius 3 is 2.74 bits per heavy atom. The third kappa shape index (κ3) is 2.09. The predicted octanol–water partition coefficient (Wildman–Crippen LogP) is 2.17. The van der Waals surface area contributed by atoms with E-state index in [4.69, 9.17) is 4.52 Å². The molecule has 1 aromatic carbocycles. The molecule has 1 atom stereocenters. The van der Waals surface area contributed by atoms with Crippen molar-refractivity contribution in [3.05, 3.63) is 36.0 Å². The minimum Gasteiger partial charge on any atom is -0.337 e. The molecule has 3 rings (SSSR count). The van der Waals surface area contributed by atoms with Gasteiger partial charge in [-0.05, 0) is 30.7 Å². The van der Waals surface area contributed by atoms with E-state index in [1.807, 2.05) is 0 Å². The van der Waals surface area contributed by atoms with E-state index in [2.05, 4.69) is 10.1 Å². The largest absolute Gasteiger partial charge is 0.337 e. The van der Waals surface area contributed by atoms with E-state index in [9.17, 15) is 9.18 Å². The zero-order valence-electron chi connectivity index (χ0n) is 10.3. The van der Waals surface area contributed by atoms with Gasteiger partial charge >= 0.3 is 0 Å². The number of rotatable bonds is 2. The average Bonchev–Trinajstić information content (AvgIpc) is 2.99. The lowest BCUT2D eigenvalue weighted by Gasteiger charge is -2.14. The van der Waals surface area contributed by atoms with Crippen LogP contribution in [0.3, 0.4) is 0 Å². The SMILES string of the molecule is CN1C(=O)CC[C@@H]1c1nc(-c2ccc(F)cc2)no1. The highest BCUT2D eigenvalue weighted by atomic mass is 19.1. The number of aromatic nitrogens is 2. The normalized spacial score (nSPS) is 19.2. The van der Waals surface area contributed by atoms with Gasteiger partial charge in [-0.2, -0.15) is 4.98 Å². The lowest BCUT2D eigenvalue weighted by molar-refractivity contribution is -0.127. The second kappa shape index (κ2) is 4.46. The maximum Gasteiger partial charge on any atom is 0.249 e. The number of nitrogens with zero attached hydrogens (tertiary/aromatic N) is 3. The number of benzene rings is 1. The summed E-state index contributed by atoms with van der Waals surface area (Å²) in [6.07, 6.45) is 1.18. The summed E-state index contributed by atoms with van der Waals surface area (Å²) in [6, 6.07) is 5.71. The van der Waals surface area contributed by atoms with E-state index in [-0.39, 0.29) is 17.8 Å². The van der Waals surface area contributed by atoms with Gasteiger partial charge in [-0.1, -0.05) is 5.16 Å². The van der Waals surface area contributed by atoms with Crippen molar-refractivity contribution in [3.8, 4) is 11.4 Å². The van der Waals surface area contributed by atoms with E-state index in [0.717, 1.165) is 0 Å². The molecule has 0 bridgehead atoms. The first-order valence-corrected chi connectivity index (χ1v) is 6.00. The number of carbonyl (C=O) groups excluding carboxylic acids is 1. The number of halogens is 1. The fourth-order valence-corrected chi connectivity index (χ4v) is 2.18. The van der Waals surface area contributed by atoms with Crippen LogP contribution in [-0.4, -0.2) is 28.0 Å². The van der Waals surface area contributed by atoms with Gasteiger partial charge < -0.3 is 9.42 Å². The number of likely N-dealkylation sites (tertiary alicyclic amines) is 1. The monoisotopic (exact) mass is 261 g/mol. The van der Waals surface area contributed by atoms with Crippen molar-refractivity contribution >= 4 is 5.91 Å². The second-order valence-corrected chi connectivity index (χ2v) is 4.52. The van der Waals surface area contributed by atoms with Gasteiger partial charge in [0, 0.05) is 19.0 Å². The van der Waals surface area contributed by atoms with E-state index in [1.54, 1.807) is 24.1 Å². The Morgan fingerprint density at radius 2 is 2.11 bits per heavy atom. The summed E-state index contributed by atoms with van der Waals surface area (Å²) in [5.41, 5.74) is 0.684. The van der Waals surface area contributed by atoms with Gasteiger partial charge in [0.05, 0.1) is 0 Å². The lowest BCUT2D eigenvalue weighted by atomic mass is 10.2. The Labute approximate surface area is 109 Å². The standard InChI is InChI=1S/C13H12FN3O2/c1-17-10(6-7-11(17)18)13-15-12(16-19-13)8-2-4-9(14)5-3-8/h2-5,10H,6-7H2,1H3/t10-/m1/s1. The average molecular weight is 261 g/mol. The van der Waals surface area contributed by atoms with Crippen LogP contribution in [0.4, 0.5) is 4.39 Å². The van der Waals surface area contributed by atoms with Crippen LogP contribution in [0.5, 0.6) is 0 Å². The van der Waals surface area contributed by atoms with E-state index < -0.39 is 0 Å². The first kappa shape index (κ1) is 11.8. The van der Waals surface area contributed by atoms with Gasteiger partial charge in [0.1, 0.15) is 11.9 Å². The molecule has 0 radical (unpaired) electrons. The zero-order valence-corrected chi connectivity index (χ0v) is 10.3. The molecule has 1 amide bonds. The quantitative estimate of drug-likeness (QED) is 0.831. The molecule has 1 saturated heterocycles. The highest BCUT2D eigenvalue weighted by Crippen LogP contribution is 2.31. The molecule has 1 aliphatic rings. The summed E-state index contributed by atoms with van der Waals surface area (Å²) in [5, 5.41) is 3.87. The van der Waals surface area contributed by atoms with Gasteiger partial charge in [-0.25, -0.2) is 4.39 Å². The van der Waals surface area contributed by atoms with Crippen LogP contribution < -0.4 is 0 Å². The van der Waals surface area contributed by atoms with E-state index >= 15 is 0 Å². The van der Waals surface area contributed by atoms with Gasteiger partial charge in [0.2, 0.25) is 17.6 Å². The van der Waals surface area contributed by atoms with Gasteiger partial charge in [0.25, 0.3) is 0 Å². The molecule has 0 unspecified atom stereocenters. The molecule has 6 heteroatoms. The highest BCUT2D eigenvalue weighted by molar-refractivity contribution is 5.78. The molecule has 2 aromatic rings. The predicted molar refractivity (Wildman–Crippen MR) is 64.4 cm³/mol. The number of hydrogen-bond donors (Lipinski definition) is 0. The maximum absolute atomic E-state index is 12.8. The van der Waals surface area contributed by atoms with Crippen molar-refractivity contribution in [2.24, 2.45) is 0 Å². The summed E-state index contributed by atoms with van der Waals surface area (Å²) in [7, 11) is 1.72. The maximum atomic E-state index is 12.8. The molecular weight excluding hydrogens is 249 g/mol. The van der Waals surface area contributed by atoms with Crippen molar-refractivity contribution in [3.63, 3.8) is 0 Å². The molecule has 1 aliphatic heterocycles. The summed E-state index contributed by atoms with van der Waals surface area (Å²) < 4.78 is 18.0. The number of carbonyl (C=O) groups is 1. The molecule has 0 N–H and O–H groups in total. The van der Waals surface area contributed by atoms with Crippen molar-refractivity contribution < 1.29 is 13.7 Å². The molecule has 1 aromatic heterocycles. The summed E-state index contributed by atoms with van der Waals surface area (Å²) >= 11 is 0. The Morgan fingerprint density at radius 1 is 1.37 bits per heavy atom. The second-order valence-electron chi connectivity index (χ2n) is 4.52. The third-order valence-corrected chi connectivity index (χ3v) is 3.32. The first-order valence-electron chi connectivity index (χ1n) is 6.00.